The van der Waals surface area contributed by atoms with E-state index in [9.17, 15) is 0 Å². The second-order valence-corrected chi connectivity index (χ2v) is 4.27. The molecule has 0 spiro atoms. The molecule has 0 amide bonds. The van der Waals surface area contributed by atoms with Crippen molar-refractivity contribution in [3.05, 3.63) is 24.1 Å². The van der Waals surface area contributed by atoms with Crippen LogP contribution in [0.25, 0.3) is 11.1 Å². The first-order chi connectivity index (χ1) is 8.22. The molecule has 0 radical (unpaired) electrons. The standard InChI is InChI=1S/C10H8N4O2S/c1-5-13-14-10(15-5)17-9-12-8-6(11)3-2-4-7(8)16-9/h2-4H,11H2,1H3. The number of nitrogens with zero attached hydrogens (tertiary/aromatic N) is 3. The number of rotatable bonds is 2. The van der Waals surface area contributed by atoms with Gasteiger partial charge in [0, 0.05) is 18.7 Å². The van der Waals surface area contributed by atoms with Gasteiger partial charge in [0.15, 0.2) is 5.58 Å². The highest BCUT2D eigenvalue weighted by atomic mass is 32.2. The number of hydrogen-bond acceptors (Lipinski definition) is 7. The van der Waals surface area contributed by atoms with Crippen LogP contribution in [0.15, 0.2) is 37.5 Å². The summed E-state index contributed by atoms with van der Waals surface area (Å²) in [5, 5.41) is 8.40. The molecule has 0 aliphatic rings. The van der Waals surface area contributed by atoms with E-state index in [0.29, 0.717) is 33.1 Å². The van der Waals surface area contributed by atoms with Crippen molar-refractivity contribution in [1.82, 2.24) is 15.2 Å². The van der Waals surface area contributed by atoms with Crippen molar-refractivity contribution in [1.29, 1.82) is 0 Å². The molecule has 86 valence electrons. The van der Waals surface area contributed by atoms with Gasteiger partial charge in [-0.25, -0.2) is 4.98 Å². The van der Waals surface area contributed by atoms with Crippen molar-refractivity contribution >= 4 is 28.5 Å². The van der Waals surface area contributed by atoms with Crippen LogP contribution >= 0.6 is 11.8 Å². The highest BCUT2D eigenvalue weighted by molar-refractivity contribution is 7.98. The molecule has 0 atom stereocenters. The number of aryl methyl sites for hydroxylation is 1. The van der Waals surface area contributed by atoms with Gasteiger partial charge >= 0.3 is 0 Å². The van der Waals surface area contributed by atoms with Crippen molar-refractivity contribution < 1.29 is 8.83 Å². The molecule has 0 saturated heterocycles. The molecule has 3 rings (SSSR count). The van der Waals surface area contributed by atoms with Gasteiger partial charge in [0.1, 0.15) is 5.52 Å². The van der Waals surface area contributed by atoms with Crippen LogP contribution < -0.4 is 5.73 Å². The van der Waals surface area contributed by atoms with E-state index in [4.69, 9.17) is 14.6 Å². The van der Waals surface area contributed by atoms with Crippen molar-refractivity contribution in [2.75, 3.05) is 5.73 Å². The van der Waals surface area contributed by atoms with Crippen molar-refractivity contribution in [2.45, 2.75) is 17.4 Å². The third-order valence-electron chi connectivity index (χ3n) is 2.11. The Labute approximate surface area is 100 Å². The number of aromatic nitrogens is 3. The van der Waals surface area contributed by atoms with Crippen LogP contribution in [0.2, 0.25) is 0 Å². The lowest BCUT2D eigenvalue weighted by Crippen LogP contribution is -1.84. The maximum Gasteiger partial charge on any atom is 0.285 e. The average molecular weight is 248 g/mol. The van der Waals surface area contributed by atoms with Gasteiger partial charge in [-0.05, 0) is 12.1 Å². The maximum absolute atomic E-state index is 5.78. The van der Waals surface area contributed by atoms with E-state index in [1.807, 2.05) is 12.1 Å². The number of anilines is 1. The predicted octanol–water partition coefficient (Wildman–Crippen LogP) is 2.25. The lowest BCUT2D eigenvalue weighted by molar-refractivity contribution is 0.422. The van der Waals surface area contributed by atoms with Gasteiger partial charge in [0.2, 0.25) is 5.89 Å². The van der Waals surface area contributed by atoms with Crippen LogP contribution in [0.1, 0.15) is 5.89 Å². The highest BCUT2D eigenvalue weighted by Gasteiger charge is 2.12. The van der Waals surface area contributed by atoms with Gasteiger partial charge in [-0.3, -0.25) is 0 Å². The molecule has 0 aliphatic heterocycles. The molecule has 17 heavy (non-hydrogen) atoms. The molecule has 2 N–H and O–H groups in total. The number of benzene rings is 1. The fraction of sp³-hybridized carbons (Fsp3) is 0.100. The number of hydrogen-bond donors (Lipinski definition) is 1. The van der Waals surface area contributed by atoms with Crippen LogP contribution in [0.4, 0.5) is 5.69 Å². The van der Waals surface area contributed by atoms with Crippen LogP contribution in [-0.4, -0.2) is 15.2 Å². The minimum atomic E-state index is 0.396. The summed E-state index contributed by atoms with van der Waals surface area (Å²) in [5.74, 6) is 0.503. The highest BCUT2D eigenvalue weighted by Crippen LogP contribution is 2.30. The first-order valence-corrected chi connectivity index (χ1v) is 5.67. The number of fused-ring (bicyclic) bond motifs is 1. The molecule has 2 aromatic heterocycles. The summed E-state index contributed by atoms with van der Waals surface area (Å²) in [6.07, 6.45) is 0. The molecule has 1 aromatic carbocycles. The lowest BCUT2D eigenvalue weighted by atomic mass is 10.3. The normalized spacial score (nSPS) is 11.1. The SMILES string of the molecule is Cc1nnc(Sc2nc3c(N)cccc3o2)o1. The predicted molar refractivity (Wildman–Crippen MR) is 61.6 cm³/mol. The van der Waals surface area contributed by atoms with Crippen molar-refractivity contribution in [3.63, 3.8) is 0 Å². The maximum atomic E-state index is 5.78. The molecule has 0 aliphatic carbocycles. The monoisotopic (exact) mass is 248 g/mol. The Morgan fingerprint density at radius 3 is 2.76 bits per heavy atom. The molecule has 2 heterocycles. The average Bonchev–Trinajstić information content (AvgIpc) is 2.86. The molecule has 0 unspecified atom stereocenters. The van der Waals surface area contributed by atoms with Gasteiger partial charge in [0.05, 0.1) is 5.69 Å². The van der Waals surface area contributed by atoms with E-state index in [1.54, 1.807) is 13.0 Å². The van der Waals surface area contributed by atoms with Crippen LogP contribution in [-0.2, 0) is 0 Å². The number of nitrogens with two attached hydrogens (primary N) is 1. The molecule has 6 nitrogen and oxygen atoms in total. The Morgan fingerprint density at radius 1 is 1.18 bits per heavy atom. The second-order valence-electron chi connectivity index (χ2n) is 3.36. The van der Waals surface area contributed by atoms with Gasteiger partial charge < -0.3 is 14.6 Å². The van der Waals surface area contributed by atoms with E-state index >= 15 is 0 Å². The topological polar surface area (TPSA) is 91.0 Å². The lowest BCUT2D eigenvalue weighted by Gasteiger charge is -1.89. The fourth-order valence-electron chi connectivity index (χ4n) is 1.39. The Kier molecular flexibility index (Phi) is 2.25. The Hall–Kier alpha value is -2.02. The first-order valence-electron chi connectivity index (χ1n) is 4.85. The van der Waals surface area contributed by atoms with E-state index < -0.39 is 0 Å². The second kappa shape index (κ2) is 3.77. The summed E-state index contributed by atoms with van der Waals surface area (Å²) < 4.78 is 10.7. The summed E-state index contributed by atoms with van der Waals surface area (Å²) in [5.41, 5.74) is 7.65. The van der Waals surface area contributed by atoms with E-state index in [0.717, 1.165) is 0 Å². The third-order valence-corrected chi connectivity index (χ3v) is 2.80. The zero-order chi connectivity index (χ0) is 11.8. The Bertz CT molecular complexity index is 676. The van der Waals surface area contributed by atoms with Gasteiger partial charge in [-0.15, -0.1) is 10.2 Å². The smallest absolute Gasteiger partial charge is 0.285 e. The minimum Gasteiger partial charge on any atom is -0.431 e. The fourth-order valence-corrected chi connectivity index (χ4v) is 2.05. The van der Waals surface area contributed by atoms with Crippen molar-refractivity contribution in [2.24, 2.45) is 0 Å². The van der Waals surface area contributed by atoms with Gasteiger partial charge in [-0.2, -0.15) is 0 Å². The van der Waals surface area contributed by atoms with E-state index in [2.05, 4.69) is 15.2 Å². The molecular weight excluding hydrogens is 240 g/mol. The zero-order valence-corrected chi connectivity index (χ0v) is 9.69. The first kappa shape index (κ1) is 10.2. The van der Waals surface area contributed by atoms with Crippen LogP contribution in [0, 0.1) is 6.92 Å². The zero-order valence-electron chi connectivity index (χ0n) is 8.88. The summed E-state index contributed by atoms with van der Waals surface area (Å²) in [6.45, 7) is 1.72. The van der Waals surface area contributed by atoms with Crippen LogP contribution in [0.3, 0.4) is 0 Å². The molecule has 0 bridgehead atoms. The molecule has 3 aromatic rings. The molecule has 0 fully saturated rings. The Morgan fingerprint density at radius 2 is 2.06 bits per heavy atom. The molecular formula is C10H8N4O2S. The summed E-state index contributed by atoms with van der Waals surface area (Å²) >= 11 is 1.17. The number of oxazole rings is 1. The van der Waals surface area contributed by atoms with Gasteiger partial charge in [-0.1, -0.05) is 6.07 Å². The third kappa shape index (κ3) is 1.84. The summed E-state index contributed by atoms with van der Waals surface area (Å²) in [6, 6.07) is 5.39. The largest absolute Gasteiger partial charge is 0.431 e. The van der Waals surface area contributed by atoms with Crippen molar-refractivity contribution in [3.8, 4) is 0 Å². The van der Waals surface area contributed by atoms with Gasteiger partial charge in [0.25, 0.3) is 10.4 Å². The quantitative estimate of drug-likeness (QED) is 0.695. The molecule has 0 saturated carbocycles. The summed E-state index contributed by atoms with van der Waals surface area (Å²) in [4.78, 5) is 4.26. The molecule has 7 heteroatoms. The number of para-hydroxylation sites is 1. The number of nitrogen functional groups attached to an aromatic ring is 1. The minimum absolute atomic E-state index is 0.396. The van der Waals surface area contributed by atoms with E-state index in [1.165, 1.54) is 11.8 Å². The Balaban J connectivity index is 1.98. The van der Waals surface area contributed by atoms with E-state index in [-0.39, 0.29) is 0 Å². The van der Waals surface area contributed by atoms with Crippen LogP contribution in [0.5, 0.6) is 0 Å². The summed E-state index contributed by atoms with van der Waals surface area (Å²) in [7, 11) is 0.